The number of methoxy groups -OCH3 is 2. The third-order valence-corrected chi connectivity index (χ3v) is 3.60. The van der Waals surface area contributed by atoms with E-state index in [1.165, 1.54) is 5.56 Å². The summed E-state index contributed by atoms with van der Waals surface area (Å²) in [5.74, 6) is 1.48. The van der Waals surface area contributed by atoms with Crippen LogP contribution >= 0.6 is 0 Å². The average molecular weight is 294 g/mol. The fraction of sp³-hybridized carbons (Fsp3) is 0.167. The van der Waals surface area contributed by atoms with Crippen LogP contribution in [0.2, 0.25) is 0 Å². The highest BCUT2D eigenvalue weighted by Gasteiger charge is 2.06. The van der Waals surface area contributed by atoms with E-state index in [0.717, 1.165) is 29.2 Å². The molecule has 0 amide bonds. The molecular formula is C18H18N2O2. The van der Waals surface area contributed by atoms with Crippen LogP contribution < -0.4 is 9.47 Å². The number of aromatic nitrogens is 2. The number of rotatable bonds is 5. The van der Waals surface area contributed by atoms with Gasteiger partial charge in [-0.15, -0.1) is 0 Å². The summed E-state index contributed by atoms with van der Waals surface area (Å²) in [6.45, 7) is 0.826. The van der Waals surface area contributed by atoms with Crippen LogP contribution in [0.15, 0.2) is 61.2 Å². The van der Waals surface area contributed by atoms with Gasteiger partial charge in [0.1, 0.15) is 0 Å². The highest BCUT2D eigenvalue weighted by Crippen LogP contribution is 2.32. The molecule has 0 aliphatic carbocycles. The van der Waals surface area contributed by atoms with E-state index in [1.54, 1.807) is 20.4 Å². The molecule has 0 N–H and O–H groups in total. The van der Waals surface area contributed by atoms with E-state index < -0.39 is 0 Å². The first-order valence-electron chi connectivity index (χ1n) is 7.07. The van der Waals surface area contributed by atoms with E-state index in [4.69, 9.17) is 9.47 Å². The molecule has 1 heterocycles. The summed E-state index contributed by atoms with van der Waals surface area (Å²) in [6.07, 6.45) is 5.57. The van der Waals surface area contributed by atoms with Gasteiger partial charge in [0, 0.05) is 18.9 Å². The van der Waals surface area contributed by atoms with Crippen LogP contribution in [-0.2, 0) is 6.54 Å². The van der Waals surface area contributed by atoms with Crippen molar-refractivity contribution in [2.75, 3.05) is 14.2 Å². The minimum atomic E-state index is 0.738. The zero-order chi connectivity index (χ0) is 15.4. The Bertz CT molecular complexity index is 734. The molecule has 0 spiro atoms. The molecule has 2 aromatic carbocycles. The molecule has 0 aliphatic heterocycles. The van der Waals surface area contributed by atoms with Crippen molar-refractivity contribution < 1.29 is 9.47 Å². The Hall–Kier alpha value is -2.75. The molecule has 0 aliphatic rings. The van der Waals surface area contributed by atoms with Gasteiger partial charge in [-0.3, -0.25) is 0 Å². The van der Waals surface area contributed by atoms with Crippen LogP contribution in [0.25, 0.3) is 11.1 Å². The molecule has 4 nitrogen and oxygen atoms in total. The van der Waals surface area contributed by atoms with Crippen LogP contribution in [0.1, 0.15) is 5.56 Å². The van der Waals surface area contributed by atoms with Gasteiger partial charge in [0.25, 0.3) is 0 Å². The number of nitrogens with zero attached hydrogens (tertiary/aromatic N) is 2. The molecule has 0 atom stereocenters. The zero-order valence-corrected chi connectivity index (χ0v) is 12.7. The van der Waals surface area contributed by atoms with E-state index in [-0.39, 0.29) is 0 Å². The maximum atomic E-state index is 5.36. The molecule has 0 saturated carbocycles. The molecule has 112 valence electrons. The Balaban J connectivity index is 1.83. The Morgan fingerprint density at radius 1 is 0.909 bits per heavy atom. The minimum Gasteiger partial charge on any atom is -0.493 e. The Labute approximate surface area is 130 Å². The first-order chi connectivity index (χ1) is 10.8. The number of ether oxygens (including phenoxy) is 2. The van der Waals surface area contributed by atoms with E-state index in [1.807, 2.05) is 35.3 Å². The average Bonchev–Trinajstić information content (AvgIpc) is 3.08. The molecule has 0 bridgehead atoms. The van der Waals surface area contributed by atoms with Crippen LogP contribution in [0, 0.1) is 0 Å². The first-order valence-corrected chi connectivity index (χ1v) is 7.07. The largest absolute Gasteiger partial charge is 0.493 e. The normalized spacial score (nSPS) is 10.5. The van der Waals surface area contributed by atoms with Crippen LogP contribution in [-0.4, -0.2) is 23.8 Å². The van der Waals surface area contributed by atoms with Crippen molar-refractivity contribution in [2.24, 2.45) is 0 Å². The lowest BCUT2D eigenvalue weighted by atomic mass is 10.0. The molecule has 0 fully saturated rings. The van der Waals surface area contributed by atoms with Gasteiger partial charge in [-0.05, 0) is 28.8 Å². The highest BCUT2D eigenvalue weighted by atomic mass is 16.5. The summed E-state index contributed by atoms with van der Waals surface area (Å²) >= 11 is 0. The minimum absolute atomic E-state index is 0.738. The second kappa shape index (κ2) is 6.35. The van der Waals surface area contributed by atoms with Gasteiger partial charge in [-0.25, -0.2) is 4.98 Å². The number of hydrogen-bond acceptors (Lipinski definition) is 3. The van der Waals surface area contributed by atoms with Gasteiger partial charge < -0.3 is 14.0 Å². The predicted molar refractivity (Wildman–Crippen MR) is 86.3 cm³/mol. The lowest BCUT2D eigenvalue weighted by Gasteiger charge is -2.10. The fourth-order valence-corrected chi connectivity index (χ4v) is 2.41. The number of hydrogen-bond donors (Lipinski definition) is 0. The summed E-state index contributed by atoms with van der Waals surface area (Å²) in [6, 6.07) is 14.4. The molecule has 3 aromatic rings. The van der Waals surface area contributed by atoms with Gasteiger partial charge >= 0.3 is 0 Å². The van der Waals surface area contributed by atoms with Crippen molar-refractivity contribution in [2.45, 2.75) is 6.54 Å². The van der Waals surface area contributed by atoms with Gasteiger partial charge in [-0.2, -0.15) is 0 Å². The maximum Gasteiger partial charge on any atom is 0.161 e. The zero-order valence-electron chi connectivity index (χ0n) is 12.7. The number of imidazole rings is 1. The van der Waals surface area contributed by atoms with Crippen molar-refractivity contribution >= 4 is 0 Å². The van der Waals surface area contributed by atoms with E-state index in [0.29, 0.717) is 0 Å². The summed E-state index contributed by atoms with van der Waals surface area (Å²) in [4.78, 5) is 4.06. The topological polar surface area (TPSA) is 36.3 Å². The highest BCUT2D eigenvalue weighted by molar-refractivity contribution is 5.67. The summed E-state index contributed by atoms with van der Waals surface area (Å²) in [5, 5.41) is 0. The second-order valence-corrected chi connectivity index (χ2v) is 5.00. The second-order valence-electron chi connectivity index (χ2n) is 5.00. The van der Waals surface area contributed by atoms with Crippen molar-refractivity contribution in [3.63, 3.8) is 0 Å². The predicted octanol–water partition coefficient (Wildman–Crippen LogP) is 3.62. The molecule has 1 aromatic heterocycles. The summed E-state index contributed by atoms with van der Waals surface area (Å²) in [5.41, 5.74) is 3.49. The molecule has 0 unspecified atom stereocenters. The Morgan fingerprint density at radius 2 is 1.64 bits per heavy atom. The smallest absolute Gasteiger partial charge is 0.161 e. The standard InChI is InChI=1S/C18H18N2O2/c1-21-17-8-7-16(11-18(17)22-2)15-5-3-14(4-6-15)12-20-10-9-19-13-20/h3-11,13H,12H2,1-2H3. The van der Waals surface area contributed by atoms with Gasteiger partial charge in [0.2, 0.25) is 0 Å². The van der Waals surface area contributed by atoms with Gasteiger partial charge in [-0.1, -0.05) is 30.3 Å². The van der Waals surface area contributed by atoms with Crippen molar-refractivity contribution in [1.29, 1.82) is 0 Å². The van der Waals surface area contributed by atoms with E-state index in [9.17, 15) is 0 Å². The SMILES string of the molecule is COc1ccc(-c2ccc(Cn3ccnc3)cc2)cc1OC. The van der Waals surface area contributed by atoms with Crippen molar-refractivity contribution in [3.8, 4) is 22.6 Å². The molecular weight excluding hydrogens is 276 g/mol. The van der Waals surface area contributed by atoms with Crippen LogP contribution in [0.4, 0.5) is 0 Å². The monoisotopic (exact) mass is 294 g/mol. The summed E-state index contributed by atoms with van der Waals surface area (Å²) in [7, 11) is 3.29. The van der Waals surface area contributed by atoms with Gasteiger partial charge in [0.15, 0.2) is 11.5 Å². The fourth-order valence-electron chi connectivity index (χ4n) is 2.41. The molecule has 0 saturated heterocycles. The molecule has 22 heavy (non-hydrogen) atoms. The Kier molecular flexibility index (Phi) is 4.10. The quantitative estimate of drug-likeness (QED) is 0.721. The van der Waals surface area contributed by atoms with Crippen LogP contribution in [0.5, 0.6) is 11.5 Å². The molecule has 3 rings (SSSR count). The van der Waals surface area contributed by atoms with Gasteiger partial charge in [0.05, 0.1) is 20.5 Å². The first kappa shape index (κ1) is 14.2. The third-order valence-electron chi connectivity index (χ3n) is 3.60. The lowest BCUT2D eigenvalue weighted by Crippen LogP contribution is -1.96. The molecule has 4 heteroatoms. The third kappa shape index (κ3) is 2.96. The van der Waals surface area contributed by atoms with E-state index in [2.05, 4.69) is 29.2 Å². The lowest BCUT2D eigenvalue weighted by molar-refractivity contribution is 0.355. The Morgan fingerprint density at radius 3 is 2.27 bits per heavy atom. The van der Waals surface area contributed by atoms with Crippen molar-refractivity contribution in [1.82, 2.24) is 9.55 Å². The van der Waals surface area contributed by atoms with Crippen molar-refractivity contribution in [3.05, 3.63) is 66.7 Å². The maximum absolute atomic E-state index is 5.36. The number of benzene rings is 2. The van der Waals surface area contributed by atoms with E-state index >= 15 is 0 Å². The summed E-state index contributed by atoms with van der Waals surface area (Å²) < 4.78 is 12.7. The van der Waals surface area contributed by atoms with Crippen LogP contribution in [0.3, 0.4) is 0 Å². The molecule has 0 radical (unpaired) electrons.